The molecule has 0 aliphatic carbocycles. The molecule has 0 aliphatic heterocycles. The smallest absolute Gasteiger partial charge is 0.249 e. The van der Waals surface area contributed by atoms with Crippen molar-refractivity contribution >= 4 is 5.91 Å². The molecule has 162 valence electrons. The number of nitrogens with two attached hydrogens (primary N) is 1. The molecule has 0 spiro atoms. The lowest BCUT2D eigenvalue weighted by atomic mass is 9.82. The fourth-order valence-electron chi connectivity index (χ4n) is 3.96. The maximum atomic E-state index is 12.1. The van der Waals surface area contributed by atoms with Crippen LogP contribution >= 0.6 is 0 Å². The van der Waals surface area contributed by atoms with Gasteiger partial charge in [-0.3, -0.25) is 9.78 Å². The molecule has 0 atom stereocenters. The molecule has 0 radical (unpaired) electrons. The van der Waals surface area contributed by atoms with Crippen LogP contribution in [-0.2, 0) is 12.8 Å². The summed E-state index contributed by atoms with van der Waals surface area (Å²) in [5, 5.41) is 0. The first-order valence-electron chi connectivity index (χ1n) is 11.0. The zero-order chi connectivity index (χ0) is 22.8. The van der Waals surface area contributed by atoms with Gasteiger partial charge in [0.25, 0.3) is 0 Å². The van der Waals surface area contributed by atoms with E-state index in [1.54, 1.807) is 6.07 Å². The third-order valence-electron chi connectivity index (χ3n) is 5.35. The Morgan fingerprint density at radius 1 is 1.00 bits per heavy atom. The Morgan fingerprint density at radius 3 is 2.23 bits per heavy atom. The predicted molar refractivity (Wildman–Crippen MR) is 130 cm³/mol. The molecular formula is C28H34N2O. The number of hydrogen-bond acceptors (Lipinski definition) is 2. The van der Waals surface area contributed by atoms with Gasteiger partial charge >= 0.3 is 0 Å². The highest BCUT2D eigenvalue weighted by atomic mass is 16.1. The minimum absolute atomic E-state index is 0.125. The zero-order valence-corrected chi connectivity index (χ0v) is 19.6. The van der Waals surface area contributed by atoms with Crippen LogP contribution in [0.5, 0.6) is 0 Å². The van der Waals surface area contributed by atoms with Crippen LogP contribution in [-0.4, -0.2) is 10.9 Å². The average molecular weight is 415 g/mol. The van der Waals surface area contributed by atoms with Crippen LogP contribution in [0.1, 0.15) is 61.8 Å². The molecule has 3 aromatic rings. The number of primary amides is 1. The number of carbonyl (C=O) groups is 1. The molecule has 31 heavy (non-hydrogen) atoms. The number of nitrogens with zero attached hydrogens (tertiary/aromatic N) is 1. The molecule has 3 rings (SSSR count). The van der Waals surface area contributed by atoms with Crippen LogP contribution in [0.15, 0.2) is 54.6 Å². The van der Waals surface area contributed by atoms with Gasteiger partial charge in [0, 0.05) is 16.8 Å². The topological polar surface area (TPSA) is 56.0 Å². The van der Waals surface area contributed by atoms with Crippen molar-refractivity contribution in [3.8, 4) is 22.4 Å². The van der Waals surface area contributed by atoms with E-state index >= 15 is 0 Å². The van der Waals surface area contributed by atoms with Crippen LogP contribution in [0.2, 0.25) is 0 Å². The van der Waals surface area contributed by atoms with Gasteiger partial charge in [-0.05, 0) is 59.9 Å². The standard InChI is InChI=1S/C28H34N2O/c1-18(2)15-25-24(17-28(4,5)6)23(20-13-11-19(3)12-14-20)16-26(30-25)21-9-7-8-10-22(21)27(29)31/h7-14,16,18H,15,17H2,1-6H3,(H2,29,31). The lowest BCUT2D eigenvalue weighted by molar-refractivity contribution is 0.100. The number of hydrogen-bond donors (Lipinski definition) is 1. The van der Waals surface area contributed by atoms with Crippen molar-refractivity contribution < 1.29 is 4.79 Å². The first-order chi connectivity index (χ1) is 14.5. The van der Waals surface area contributed by atoms with E-state index in [1.165, 1.54) is 22.3 Å². The van der Waals surface area contributed by atoms with Gasteiger partial charge in [-0.25, -0.2) is 0 Å². The lowest BCUT2D eigenvalue weighted by Gasteiger charge is -2.25. The summed E-state index contributed by atoms with van der Waals surface area (Å²) in [6, 6.07) is 18.3. The molecule has 3 heteroatoms. The maximum absolute atomic E-state index is 12.1. The van der Waals surface area contributed by atoms with Gasteiger partial charge in [0.15, 0.2) is 0 Å². The van der Waals surface area contributed by atoms with E-state index in [0.717, 1.165) is 29.8 Å². The molecule has 0 saturated carbocycles. The number of benzene rings is 2. The van der Waals surface area contributed by atoms with E-state index in [0.29, 0.717) is 11.5 Å². The van der Waals surface area contributed by atoms with Gasteiger partial charge in [-0.1, -0.05) is 82.6 Å². The molecule has 2 N–H and O–H groups in total. The Kier molecular flexibility index (Phi) is 6.64. The van der Waals surface area contributed by atoms with Crippen molar-refractivity contribution in [1.29, 1.82) is 0 Å². The second-order valence-corrected chi connectivity index (χ2v) is 10.1. The molecule has 0 unspecified atom stereocenters. The number of rotatable bonds is 6. The molecule has 0 fully saturated rings. The van der Waals surface area contributed by atoms with E-state index in [2.05, 4.69) is 71.9 Å². The second kappa shape index (κ2) is 9.05. The minimum atomic E-state index is -0.432. The number of aryl methyl sites for hydroxylation is 1. The SMILES string of the molecule is Cc1ccc(-c2cc(-c3ccccc3C(N)=O)nc(CC(C)C)c2CC(C)(C)C)cc1. The number of amides is 1. The van der Waals surface area contributed by atoms with E-state index < -0.39 is 5.91 Å². The number of aromatic nitrogens is 1. The molecule has 3 nitrogen and oxygen atoms in total. The quantitative estimate of drug-likeness (QED) is 0.493. The summed E-state index contributed by atoms with van der Waals surface area (Å²) in [6.07, 6.45) is 1.82. The van der Waals surface area contributed by atoms with Crippen LogP contribution in [0, 0.1) is 18.3 Å². The van der Waals surface area contributed by atoms with Gasteiger partial charge in [-0.15, -0.1) is 0 Å². The van der Waals surface area contributed by atoms with Crippen LogP contribution in [0.4, 0.5) is 0 Å². The highest BCUT2D eigenvalue weighted by Crippen LogP contribution is 2.36. The Balaban J connectivity index is 2.33. The summed E-state index contributed by atoms with van der Waals surface area (Å²) in [5.74, 6) is 0.0391. The molecule has 1 aromatic heterocycles. The van der Waals surface area contributed by atoms with Crippen LogP contribution in [0.3, 0.4) is 0 Å². The minimum Gasteiger partial charge on any atom is -0.366 e. The van der Waals surface area contributed by atoms with Crippen molar-refractivity contribution in [3.05, 3.63) is 77.0 Å². The van der Waals surface area contributed by atoms with Gasteiger partial charge in [0.1, 0.15) is 0 Å². The first-order valence-corrected chi connectivity index (χ1v) is 11.0. The second-order valence-electron chi connectivity index (χ2n) is 10.1. The van der Waals surface area contributed by atoms with E-state index in [1.807, 2.05) is 18.2 Å². The van der Waals surface area contributed by atoms with Crippen molar-refractivity contribution in [2.75, 3.05) is 0 Å². The molecule has 1 amide bonds. The van der Waals surface area contributed by atoms with Gasteiger partial charge in [0.2, 0.25) is 5.91 Å². The van der Waals surface area contributed by atoms with Crippen LogP contribution < -0.4 is 5.73 Å². The fourth-order valence-corrected chi connectivity index (χ4v) is 3.96. The van der Waals surface area contributed by atoms with Crippen molar-refractivity contribution in [2.45, 2.75) is 54.4 Å². The Labute approximate surface area is 186 Å². The summed E-state index contributed by atoms with van der Waals surface area (Å²) in [7, 11) is 0. The molecule has 2 aromatic carbocycles. The van der Waals surface area contributed by atoms with Crippen molar-refractivity contribution in [2.24, 2.45) is 17.1 Å². The summed E-state index contributed by atoms with van der Waals surface area (Å²) < 4.78 is 0. The predicted octanol–water partition coefficient (Wildman–Crippen LogP) is 6.61. The van der Waals surface area contributed by atoms with Crippen molar-refractivity contribution in [3.63, 3.8) is 0 Å². The molecule has 0 aliphatic rings. The Bertz CT molecular complexity index is 1070. The van der Waals surface area contributed by atoms with E-state index in [9.17, 15) is 4.79 Å². The maximum Gasteiger partial charge on any atom is 0.249 e. The third-order valence-corrected chi connectivity index (χ3v) is 5.35. The average Bonchev–Trinajstić information content (AvgIpc) is 2.68. The highest BCUT2D eigenvalue weighted by molar-refractivity contribution is 5.99. The Hall–Kier alpha value is -2.94. The summed E-state index contributed by atoms with van der Waals surface area (Å²) in [5.41, 5.74) is 13.9. The molecule has 1 heterocycles. The van der Waals surface area contributed by atoms with E-state index in [4.69, 9.17) is 10.7 Å². The largest absolute Gasteiger partial charge is 0.366 e. The highest BCUT2D eigenvalue weighted by Gasteiger charge is 2.22. The zero-order valence-electron chi connectivity index (χ0n) is 19.6. The summed E-state index contributed by atoms with van der Waals surface area (Å²) >= 11 is 0. The Morgan fingerprint density at radius 2 is 1.65 bits per heavy atom. The fraction of sp³-hybridized carbons (Fsp3) is 0.357. The number of carbonyl (C=O) groups excluding carboxylic acids is 1. The summed E-state index contributed by atoms with van der Waals surface area (Å²) in [4.78, 5) is 17.2. The monoisotopic (exact) mass is 414 g/mol. The number of pyridine rings is 1. The molecule has 0 bridgehead atoms. The van der Waals surface area contributed by atoms with Crippen LogP contribution in [0.25, 0.3) is 22.4 Å². The third kappa shape index (κ3) is 5.61. The van der Waals surface area contributed by atoms with Gasteiger partial charge < -0.3 is 5.73 Å². The molecular weight excluding hydrogens is 380 g/mol. The van der Waals surface area contributed by atoms with Gasteiger partial charge in [0.05, 0.1) is 5.69 Å². The van der Waals surface area contributed by atoms with E-state index in [-0.39, 0.29) is 5.41 Å². The van der Waals surface area contributed by atoms with Crippen molar-refractivity contribution in [1.82, 2.24) is 4.98 Å². The van der Waals surface area contributed by atoms with Gasteiger partial charge in [-0.2, -0.15) is 0 Å². The summed E-state index contributed by atoms with van der Waals surface area (Å²) in [6.45, 7) is 13.3. The molecule has 0 saturated heterocycles. The normalized spacial score (nSPS) is 11.7. The first kappa shape index (κ1) is 22.7. The lowest BCUT2D eigenvalue weighted by Crippen LogP contribution is -2.16.